The highest BCUT2D eigenvalue weighted by Crippen LogP contribution is 2.20. The molecule has 1 atom stereocenters. The van der Waals surface area contributed by atoms with Gasteiger partial charge in [0.25, 0.3) is 5.69 Å². The van der Waals surface area contributed by atoms with E-state index in [1.54, 1.807) is 0 Å². The summed E-state index contributed by atoms with van der Waals surface area (Å²) in [6.45, 7) is 0.867. The van der Waals surface area contributed by atoms with Crippen molar-refractivity contribution in [3.63, 3.8) is 0 Å². The summed E-state index contributed by atoms with van der Waals surface area (Å²) in [6, 6.07) is 3.97. The second-order valence-electron chi connectivity index (χ2n) is 5.97. The number of rotatable bonds is 7. The molecule has 1 aliphatic rings. The van der Waals surface area contributed by atoms with Gasteiger partial charge in [0.1, 0.15) is 0 Å². The smallest absolute Gasteiger partial charge is 0.407 e. The Morgan fingerprint density at radius 2 is 2.27 bits per heavy atom. The number of aryl methyl sites for hydroxylation is 1. The summed E-state index contributed by atoms with van der Waals surface area (Å²) in [6.07, 6.45) is 2.84. The Labute approximate surface area is 147 Å². The second-order valence-corrected chi connectivity index (χ2v) is 5.97. The topological polar surface area (TPSA) is 126 Å². The molecule has 0 radical (unpaired) electrons. The highest BCUT2D eigenvalue weighted by atomic mass is 16.8. The van der Waals surface area contributed by atoms with Crippen LogP contribution in [-0.4, -0.2) is 28.3 Å². The van der Waals surface area contributed by atoms with Crippen molar-refractivity contribution in [2.45, 2.75) is 44.9 Å². The van der Waals surface area contributed by atoms with Gasteiger partial charge in [0.05, 0.1) is 16.5 Å². The highest BCUT2D eigenvalue weighted by molar-refractivity contribution is 5.76. The molecule has 0 bridgehead atoms. The molecule has 140 valence electrons. The van der Waals surface area contributed by atoms with Crippen molar-refractivity contribution >= 4 is 22.7 Å². The van der Waals surface area contributed by atoms with Gasteiger partial charge in [-0.3, -0.25) is 19.5 Å². The molecule has 1 aromatic heterocycles. The number of oxazole rings is 1. The number of nitrogens with one attached hydrogen (secondary N) is 1. The third-order valence-corrected chi connectivity index (χ3v) is 4.09. The number of fused-ring (bicyclic) bond motifs is 1. The summed E-state index contributed by atoms with van der Waals surface area (Å²) in [4.78, 5) is 39.1. The van der Waals surface area contributed by atoms with Gasteiger partial charge >= 0.3 is 5.76 Å². The monoisotopic (exact) mass is 365 g/mol. The minimum Gasteiger partial charge on any atom is -0.407 e. The predicted octanol–water partition coefficient (Wildman–Crippen LogP) is 1.86. The average molecular weight is 365 g/mol. The number of nitro groups is 1. The summed E-state index contributed by atoms with van der Waals surface area (Å²) in [5, 5.41) is 10.8. The van der Waals surface area contributed by atoms with E-state index in [1.165, 1.54) is 22.8 Å². The third-order valence-electron chi connectivity index (χ3n) is 4.09. The van der Waals surface area contributed by atoms with E-state index in [9.17, 15) is 19.7 Å². The lowest BCUT2D eigenvalue weighted by molar-refractivity contribution is -0.384. The molecule has 1 amide bonds. The third kappa shape index (κ3) is 4.27. The second kappa shape index (κ2) is 8.11. The number of amides is 1. The normalized spacial score (nSPS) is 17.3. The van der Waals surface area contributed by atoms with Gasteiger partial charge in [0.2, 0.25) is 5.91 Å². The number of carbonyl (C=O) groups excluding carboxylic acids is 1. The van der Waals surface area contributed by atoms with Crippen molar-refractivity contribution in [3.05, 3.63) is 38.9 Å². The van der Waals surface area contributed by atoms with Crippen LogP contribution in [0.1, 0.15) is 32.1 Å². The Kier molecular flexibility index (Phi) is 5.64. The quantitative estimate of drug-likeness (QED) is 0.586. The fraction of sp³-hybridized carbons (Fsp3) is 0.500. The van der Waals surface area contributed by atoms with Gasteiger partial charge in [-0.25, -0.2) is 15.1 Å². The van der Waals surface area contributed by atoms with E-state index in [4.69, 9.17) is 14.0 Å². The molecule has 1 aliphatic heterocycles. The molecule has 10 nitrogen and oxygen atoms in total. The Bertz CT molecular complexity index is 851. The predicted molar refractivity (Wildman–Crippen MR) is 89.2 cm³/mol. The summed E-state index contributed by atoms with van der Waals surface area (Å²) in [5.41, 5.74) is 2.80. The lowest BCUT2D eigenvalue weighted by Crippen LogP contribution is -2.33. The molecular formula is C16H19N3O7. The van der Waals surface area contributed by atoms with Crippen molar-refractivity contribution in [1.82, 2.24) is 10.0 Å². The Morgan fingerprint density at radius 1 is 1.42 bits per heavy atom. The van der Waals surface area contributed by atoms with E-state index in [-0.39, 0.29) is 30.1 Å². The van der Waals surface area contributed by atoms with Gasteiger partial charge in [0.15, 0.2) is 11.9 Å². The molecule has 26 heavy (non-hydrogen) atoms. The maximum absolute atomic E-state index is 11.9. The lowest BCUT2D eigenvalue weighted by atomic mass is 10.2. The number of ether oxygens (including phenoxy) is 1. The molecule has 2 aromatic rings. The van der Waals surface area contributed by atoms with Crippen molar-refractivity contribution in [2.75, 3.05) is 6.61 Å². The molecule has 1 saturated heterocycles. The number of nitro benzene ring substituents is 1. The summed E-state index contributed by atoms with van der Waals surface area (Å²) in [7, 11) is 0. The first-order valence-corrected chi connectivity index (χ1v) is 8.38. The van der Waals surface area contributed by atoms with E-state index < -0.39 is 17.0 Å². The van der Waals surface area contributed by atoms with E-state index in [0.29, 0.717) is 18.5 Å². The maximum atomic E-state index is 11.9. The fourth-order valence-corrected chi connectivity index (χ4v) is 2.76. The Morgan fingerprint density at radius 3 is 3.00 bits per heavy atom. The first-order chi connectivity index (χ1) is 12.5. The number of non-ortho nitro benzene ring substituents is 1. The minimum atomic E-state index is -0.618. The SMILES string of the molecule is O=C(CCCn1c(=O)oc2cc([N+](=O)[O-])ccc21)NOC1CCCCO1. The van der Waals surface area contributed by atoms with Crippen LogP contribution in [0.3, 0.4) is 0 Å². The molecule has 1 fully saturated rings. The molecule has 3 rings (SSSR count). The van der Waals surface area contributed by atoms with Crippen LogP contribution in [0.15, 0.2) is 27.4 Å². The zero-order chi connectivity index (χ0) is 18.5. The molecule has 0 aliphatic carbocycles. The van der Waals surface area contributed by atoms with E-state index >= 15 is 0 Å². The number of carbonyl (C=O) groups is 1. The van der Waals surface area contributed by atoms with Gasteiger partial charge in [-0.15, -0.1) is 0 Å². The van der Waals surface area contributed by atoms with Crippen LogP contribution < -0.4 is 11.2 Å². The van der Waals surface area contributed by atoms with Gasteiger partial charge in [-0.2, -0.15) is 0 Å². The van der Waals surface area contributed by atoms with Crippen LogP contribution in [0.25, 0.3) is 11.1 Å². The van der Waals surface area contributed by atoms with Crippen LogP contribution in [-0.2, 0) is 20.9 Å². The molecule has 10 heteroatoms. The molecule has 2 heterocycles. The first kappa shape index (κ1) is 18.1. The molecule has 1 aromatic carbocycles. The summed E-state index contributed by atoms with van der Waals surface area (Å²) < 4.78 is 11.7. The number of benzene rings is 1. The van der Waals surface area contributed by atoms with Gasteiger partial charge in [0, 0.05) is 32.1 Å². The fourth-order valence-electron chi connectivity index (χ4n) is 2.76. The number of hydrogen-bond acceptors (Lipinski definition) is 7. The highest BCUT2D eigenvalue weighted by Gasteiger charge is 2.16. The van der Waals surface area contributed by atoms with Crippen LogP contribution in [0.2, 0.25) is 0 Å². The van der Waals surface area contributed by atoms with Crippen LogP contribution >= 0.6 is 0 Å². The first-order valence-electron chi connectivity index (χ1n) is 8.38. The zero-order valence-electron chi connectivity index (χ0n) is 14.0. The minimum absolute atomic E-state index is 0.145. The van der Waals surface area contributed by atoms with Crippen LogP contribution in [0.4, 0.5) is 5.69 Å². The van der Waals surface area contributed by atoms with E-state index in [1.807, 2.05) is 0 Å². The Balaban J connectivity index is 1.52. The van der Waals surface area contributed by atoms with Gasteiger partial charge < -0.3 is 9.15 Å². The molecular weight excluding hydrogens is 346 g/mol. The van der Waals surface area contributed by atoms with E-state index in [2.05, 4.69) is 5.48 Å². The number of hydrogen-bond donors (Lipinski definition) is 1. The van der Waals surface area contributed by atoms with E-state index in [0.717, 1.165) is 19.3 Å². The zero-order valence-corrected chi connectivity index (χ0v) is 14.0. The molecule has 0 spiro atoms. The van der Waals surface area contributed by atoms with Crippen molar-refractivity contribution in [2.24, 2.45) is 0 Å². The number of nitrogens with zero attached hydrogens (tertiary/aromatic N) is 2. The lowest BCUT2D eigenvalue weighted by Gasteiger charge is -2.22. The largest absolute Gasteiger partial charge is 0.419 e. The van der Waals surface area contributed by atoms with Crippen molar-refractivity contribution in [1.29, 1.82) is 0 Å². The maximum Gasteiger partial charge on any atom is 0.419 e. The van der Waals surface area contributed by atoms with Gasteiger partial charge in [-0.1, -0.05) is 0 Å². The summed E-state index contributed by atoms with van der Waals surface area (Å²) in [5.74, 6) is -0.927. The standard InChI is InChI=1S/C16H19N3O7/c20-14(17-26-15-5-1-2-9-24-15)4-3-8-18-12-7-6-11(19(22)23)10-13(12)25-16(18)21/h6-7,10,15H,1-5,8-9H2,(H,17,20). The average Bonchev–Trinajstić information content (AvgIpc) is 2.95. The number of hydroxylamine groups is 1. The molecule has 1 N–H and O–H groups in total. The number of aromatic nitrogens is 1. The van der Waals surface area contributed by atoms with Gasteiger partial charge in [-0.05, 0) is 25.3 Å². The molecule has 0 saturated carbocycles. The molecule has 1 unspecified atom stereocenters. The van der Waals surface area contributed by atoms with Crippen LogP contribution in [0.5, 0.6) is 0 Å². The van der Waals surface area contributed by atoms with Crippen LogP contribution in [0, 0.1) is 10.1 Å². The summed E-state index contributed by atoms with van der Waals surface area (Å²) >= 11 is 0. The van der Waals surface area contributed by atoms with Crippen molar-refractivity contribution in [3.8, 4) is 0 Å². The van der Waals surface area contributed by atoms with Crippen molar-refractivity contribution < 1.29 is 23.7 Å². The Hall–Kier alpha value is -2.72.